The Morgan fingerprint density at radius 1 is 1.24 bits per heavy atom. The Balaban J connectivity index is 1.76. The second-order valence-electron chi connectivity index (χ2n) is 6.93. The lowest BCUT2D eigenvalue weighted by Crippen LogP contribution is -2.44. The van der Waals surface area contributed by atoms with E-state index in [4.69, 9.17) is 5.11 Å². The third kappa shape index (κ3) is 5.09. The van der Waals surface area contributed by atoms with Crippen molar-refractivity contribution in [1.29, 1.82) is 0 Å². The molecule has 1 aromatic heterocycles. The molecule has 0 atom stereocenters. The van der Waals surface area contributed by atoms with Gasteiger partial charge >= 0.3 is 5.97 Å². The minimum absolute atomic E-state index is 0.0870. The number of hydrogen-bond acceptors (Lipinski definition) is 4. The van der Waals surface area contributed by atoms with E-state index in [2.05, 4.69) is 19.2 Å². The second-order valence-corrected chi connectivity index (χ2v) is 8.18. The van der Waals surface area contributed by atoms with Gasteiger partial charge in [-0.05, 0) is 43.2 Å². The van der Waals surface area contributed by atoms with Crippen molar-refractivity contribution in [3.8, 4) is 0 Å². The van der Waals surface area contributed by atoms with Crippen LogP contribution in [0.15, 0.2) is 12.1 Å². The predicted octanol–water partition coefficient (Wildman–Crippen LogP) is 2.80. The molecule has 0 unspecified atom stereocenters. The van der Waals surface area contributed by atoms with Gasteiger partial charge in [-0.3, -0.25) is 4.79 Å². The van der Waals surface area contributed by atoms with Crippen LogP contribution in [0.25, 0.3) is 0 Å². The zero-order valence-electron chi connectivity index (χ0n) is 12.8. The molecule has 0 aromatic carbocycles. The minimum atomic E-state index is -0.796. The molecule has 118 valence electrons. The van der Waals surface area contributed by atoms with Crippen LogP contribution >= 0.6 is 11.3 Å². The zero-order chi connectivity index (χ0) is 15.5. The van der Waals surface area contributed by atoms with Crippen molar-refractivity contribution in [2.75, 3.05) is 6.54 Å². The number of aliphatic hydroxyl groups is 1. The topological polar surface area (TPSA) is 69.6 Å². The lowest BCUT2D eigenvalue weighted by atomic mass is 9.71. The van der Waals surface area contributed by atoms with Crippen LogP contribution in [0, 0.1) is 5.41 Å². The number of nitrogens with one attached hydrogen (secondary N) is 1. The highest BCUT2D eigenvalue weighted by molar-refractivity contribution is 7.12. The average Bonchev–Trinajstić information content (AvgIpc) is 2.81. The van der Waals surface area contributed by atoms with Crippen LogP contribution < -0.4 is 5.32 Å². The molecule has 3 N–H and O–H groups in total. The predicted molar refractivity (Wildman–Crippen MR) is 84.6 cm³/mol. The van der Waals surface area contributed by atoms with Gasteiger partial charge in [-0.1, -0.05) is 13.8 Å². The molecule has 1 heterocycles. The van der Waals surface area contributed by atoms with Crippen LogP contribution in [-0.4, -0.2) is 28.3 Å². The maximum Gasteiger partial charge on any atom is 0.308 e. The number of rotatable bonds is 6. The molecule has 1 fully saturated rings. The molecular weight excluding hydrogens is 286 g/mol. The van der Waals surface area contributed by atoms with E-state index in [0.29, 0.717) is 18.5 Å². The van der Waals surface area contributed by atoms with Gasteiger partial charge in [-0.25, -0.2) is 0 Å². The summed E-state index contributed by atoms with van der Waals surface area (Å²) in [5.74, 6) is -0.796. The van der Waals surface area contributed by atoms with Crippen LogP contribution in [0.4, 0.5) is 0 Å². The molecule has 0 bridgehead atoms. The Hall–Kier alpha value is -0.910. The molecule has 0 aliphatic heterocycles. The summed E-state index contributed by atoms with van der Waals surface area (Å²) in [6.07, 6.45) is 3.91. The van der Waals surface area contributed by atoms with Gasteiger partial charge in [0.05, 0.1) is 12.0 Å². The molecule has 1 saturated carbocycles. The summed E-state index contributed by atoms with van der Waals surface area (Å²) in [4.78, 5) is 12.6. The summed E-state index contributed by atoms with van der Waals surface area (Å²) in [6.45, 7) is 5.82. The first-order valence-electron chi connectivity index (χ1n) is 7.51. The maximum absolute atomic E-state index is 10.7. The summed E-state index contributed by atoms with van der Waals surface area (Å²) >= 11 is 1.52. The largest absolute Gasteiger partial charge is 0.481 e. The van der Waals surface area contributed by atoms with Crippen molar-refractivity contribution < 1.29 is 15.0 Å². The van der Waals surface area contributed by atoms with Crippen LogP contribution in [-0.2, 0) is 17.8 Å². The molecule has 21 heavy (non-hydrogen) atoms. The monoisotopic (exact) mass is 311 g/mol. The number of carbonyl (C=O) groups is 1. The van der Waals surface area contributed by atoms with Crippen molar-refractivity contribution in [1.82, 2.24) is 5.32 Å². The van der Waals surface area contributed by atoms with E-state index in [0.717, 1.165) is 35.4 Å². The lowest BCUT2D eigenvalue weighted by molar-refractivity contribution is -0.136. The first-order chi connectivity index (χ1) is 9.78. The Kier molecular flexibility index (Phi) is 5.07. The first-order valence-corrected chi connectivity index (χ1v) is 8.32. The van der Waals surface area contributed by atoms with Crippen LogP contribution in [0.5, 0.6) is 0 Å². The molecule has 5 heteroatoms. The van der Waals surface area contributed by atoms with E-state index >= 15 is 0 Å². The second kappa shape index (κ2) is 6.46. The Labute approximate surface area is 130 Å². The van der Waals surface area contributed by atoms with E-state index < -0.39 is 11.6 Å². The molecule has 2 rings (SSSR count). The van der Waals surface area contributed by atoms with E-state index in [1.807, 2.05) is 12.1 Å². The standard InChI is InChI=1S/C16H25NO3S/c1-15(2)5-7-16(20,8-6-15)11-17-10-13-4-3-12(21-13)9-14(18)19/h3-4,17,20H,5-11H2,1-2H3,(H,18,19). The van der Waals surface area contributed by atoms with E-state index in [9.17, 15) is 9.90 Å². The molecule has 0 spiro atoms. The lowest BCUT2D eigenvalue weighted by Gasteiger charge is -2.40. The Morgan fingerprint density at radius 3 is 2.48 bits per heavy atom. The number of carboxylic acid groups (broad SMARTS) is 1. The van der Waals surface area contributed by atoms with E-state index in [-0.39, 0.29) is 6.42 Å². The minimum Gasteiger partial charge on any atom is -0.481 e. The van der Waals surface area contributed by atoms with Crippen molar-refractivity contribution in [2.45, 2.75) is 58.1 Å². The molecule has 0 amide bonds. The van der Waals surface area contributed by atoms with Gasteiger partial charge in [0.25, 0.3) is 0 Å². The molecule has 1 aromatic rings. The summed E-state index contributed by atoms with van der Waals surface area (Å²) in [5.41, 5.74) is -0.234. The smallest absolute Gasteiger partial charge is 0.308 e. The van der Waals surface area contributed by atoms with Gasteiger partial charge in [0.1, 0.15) is 0 Å². The van der Waals surface area contributed by atoms with Gasteiger partial charge < -0.3 is 15.5 Å². The molecule has 1 aliphatic rings. The maximum atomic E-state index is 10.7. The third-order valence-electron chi connectivity index (χ3n) is 4.33. The van der Waals surface area contributed by atoms with Gasteiger partial charge in [-0.15, -0.1) is 11.3 Å². The summed E-state index contributed by atoms with van der Waals surface area (Å²) in [7, 11) is 0. The van der Waals surface area contributed by atoms with Crippen molar-refractivity contribution in [3.05, 3.63) is 21.9 Å². The zero-order valence-corrected chi connectivity index (χ0v) is 13.6. The molecule has 0 radical (unpaired) electrons. The Bertz CT molecular complexity index is 485. The average molecular weight is 311 g/mol. The highest BCUT2D eigenvalue weighted by atomic mass is 32.1. The van der Waals surface area contributed by atoms with E-state index in [1.165, 1.54) is 11.3 Å². The van der Waals surface area contributed by atoms with Crippen molar-refractivity contribution in [3.63, 3.8) is 0 Å². The number of aliphatic carboxylic acids is 1. The highest BCUT2D eigenvalue weighted by Gasteiger charge is 2.36. The molecular formula is C16H25NO3S. The molecule has 0 saturated heterocycles. The van der Waals surface area contributed by atoms with Crippen LogP contribution in [0.2, 0.25) is 0 Å². The fourth-order valence-corrected chi connectivity index (χ4v) is 3.73. The van der Waals surface area contributed by atoms with Crippen LogP contribution in [0.3, 0.4) is 0 Å². The summed E-state index contributed by atoms with van der Waals surface area (Å²) < 4.78 is 0. The molecule has 4 nitrogen and oxygen atoms in total. The fourth-order valence-electron chi connectivity index (χ4n) is 2.75. The first kappa shape index (κ1) is 16.5. The van der Waals surface area contributed by atoms with Gasteiger partial charge in [-0.2, -0.15) is 0 Å². The molecule has 1 aliphatic carbocycles. The van der Waals surface area contributed by atoms with Gasteiger partial charge in [0.15, 0.2) is 0 Å². The van der Waals surface area contributed by atoms with E-state index in [1.54, 1.807) is 0 Å². The number of thiophene rings is 1. The van der Waals surface area contributed by atoms with Crippen LogP contribution in [0.1, 0.15) is 49.3 Å². The fraction of sp³-hybridized carbons (Fsp3) is 0.688. The normalized spacial score (nSPS) is 20.3. The van der Waals surface area contributed by atoms with Gasteiger partial charge in [0.2, 0.25) is 0 Å². The van der Waals surface area contributed by atoms with Crippen molar-refractivity contribution in [2.24, 2.45) is 5.41 Å². The van der Waals surface area contributed by atoms with Gasteiger partial charge in [0, 0.05) is 22.8 Å². The number of hydrogen-bond donors (Lipinski definition) is 3. The summed E-state index contributed by atoms with van der Waals surface area (Å²) in [6, 6.07) is 3.83. The Morgan fingerprint density at radius 2 is 1.86 bits per heavy atom. The third-order valence-corrected chi connectivity index (χ3v) is 5.42. The summed E-state index contributed by atoms with van der Waals surface area (Å²) in [5, 5.41) is 22.6. The van der Waals surface area contributed by atoms with Crippen molar-refractivity contribution >= 4 is 17.3 Å². The SMILES string of the molecule is CC1(C)CCC(O)(CNCc2ccc(CC(=O)O)s2)CC1. The highest BCUT2D eigenvalue weighted by Crippen LogP contribution is 2.39. The number of carboxylic acids is 1. The quantitative estimate of drug-likeness (QED) is 0.755.